The van der Waals surface area contributed by atoms with Crippen molar-refractivity contribution in [2.45, 2.75) is 25.7 Å². The molecule has 0 unspecified atom stereocenters. The maximum Gasteiger partial charge on any atom is 0.150 e. The Morgan fingerprint density at radius 2 is 1.92 bits per heavy atom. The summed E-state index contributed by atoms with van der Waals surface area (Å²) in [5, 5.41) is 3.78. The van der Waals surface area contributed by atoms with E-state index in [0.717, 1.165) is 38.9 Å². The van der Waals surface area contributed by atoms with Crippen molar-refractivity contribution in [1.29, 1.82) is 0 Å². The molecule has 0 atom stereocenters. The monoisotopic (exact) mass is 463 g/mol. The molecular formula is C18H15ClIN5. The summed E-state index contributed by atoms with van der Waals surface area (Å²) in [6.07, 6.45) is 9.51. The fourth-order valence-electron chi connectivity index (χ4n) is 2.61. The van der Waals surface area contributed by atoms with Gasteiger partial charge in [-0.2, -0.15) is 0 Å². The molecule has 3 aromatic heterocycles. The van der Waals surface area contributed by atoms with E-state index in [1.165, 1.54) is 0 Å². The summed E-state index contributed by atoms with van der Waals surface area (Å²) in [5.74, 6) is 2.67. The van der Waals surface area contributed by atoms with Crippen molar-refractivity contribution in [3.8, 4) is 11.1 Å². The van der Waals surface area contributed by atoms with Gasteiger partial charge in [-0.3, -0.25) is 4.98 Å². The Morgan fingerprint density at radius 3 is 2.72 bits per heavy atom. The van der Waals surface area contributed by atoms with Crippen molar-refractivity contribution in [2.75, 3.05) is 5.32 Å². The Morgan fingerprint density at radius 1 is 1.12 bits per heavy atom. The third-order valence-electron chi connectivity index (χ3n) is 4.20. The second kappa shape index (κ2) is 6.84. The molecule has 3 heterocycles. The minimum Gasteiger partial charge on any atom is -0.324 e. The lowest BCUT2D eigenvalue weighted by atomic mass is 10.0. The third-order valence-corrected chi connectivity index (χ3v) is 5.67. The van der Waals surface area contributed by atoms with Crippen LogP contribution in [0, 0.1) is 10.5 Å². The summed E-state index contributed by atoms with van der Waals surface area (Å²) < 4.78 is 1.10. The van der Waals surface area contributed by atoms with Gasteiger partial charge in [-0.25, -0.2) is 15.0 Å². The molecule has 1 N–H and O–H groups in total. The zero-order valence-electron chi connectivity index (χ0n) is 13.5. The third kappa shape index (κ3) is 3.46. The van der Waals surface area contributed by atoms with Crippen molar-refractivity contribution >= 4 is 45.8 Å². The van der Waals surface area contributed by atoms with Crippen LogP contribution in [-0.4, -0.2) is 19.9 Å². The van der Waals surface area contributed by atoms with Crippen LogP contribution < -0.4 is 5.32 Å². The van der Waals surface area contributed by atoms with Gasteiger partial charge in [0.2, 0.25) is 0 Å². The summed E-state index contributed by atoms with van der Waals surface area (Å²) in [6.45, 7) is 2.06. The Bertz CT molecular complexity index is 942. The van der Waals surface area contributed by atoms with Crippen molar-refractivity contribution in [1.82, 2.24) is 19.9 Å². The SMILES string of the molecule is Cc1c(I)cncc1-c1ccnc(Nc2ccnc(C3CC3)n2)c1Cl. The highest BCUT2D eigenvalue weighted by Crippen LogP contribution is 2.39. The molecule has 0 aromatic carbocycles. The molecule has 1 saturated carbocycles. The topological polar surface area (TPSA) is 63.6 Å². The fourth-order valence-corrected chi connectivity index (χ4v) is 3.33. The van der Waals surface area contributed by atoms with Gasteiger partial charge in [-0.15, -0.1) is 0 Å². The highest BCUT2D eigenvalue weighted by atomic mass is 127. The zero-order chi connectivity index (χ0) is 17.4. The summed E-state index contributed by atoms with van der Waals surface area (Å²) >= 11 is 8.91. The molecule has 0 radical (unpaired) electrons. The lowest BCUT2D eigenvalue weighted by Gasteiger charge is -2.13. The van der Waals surface area contributed by atoms with Gasteiger partial charge in [0.25, 0.3) is 0 Å². The number of rotatable bonds is 4. The maximum atomic E-state index is 6.63. The van der Waals surface area contributed by atoms with Gasteiger partial charge in [-0.1, -0.05) is 11.6 Å². The van der Waals surface area contributed by atoms with Gasteiger partial charge in [-0.05, 0) is 60.1 Å². The average molecular weight is 464 g/mol. The predicted molar refractivity (Wildman–Crippen MR) is 107 cm³/mol. The van der Waals surface area contributed by atoms with E-state index in [1.54, 1.807) is 12.4 Å². The first-order valence-corrected chi connectivity index (χ1v) is 9.44. The molecule has 0 saturated heterocycles. The number of nitrogens with zero attached hydrogens (tertiary/aromatic N) is 4. The van der Waals surface area contributed by atoms with Crippen LogP contribution in [0.3, 0.4) is 0 Å². The molecule has 0 amide bonds. The number of nitrogens with one attached hydrogen (secondary N) is 1. The first kappa shape index (κ1) is 16.7. The average Bonchev–Trinajstić information content (AvgIpc) is 3.45. The van der Waals surface area contributed by atoms with Crippen LogP contribution >= 0.6 is 34.2 Å². The molecular weight excluding hydrogens is 449 g/mol. The van der Waals surface area contributed by atoms with E-state index in [-0.39, 0.29) is 0 Å². The van der Waals surface area contributed by atoms with Crippen molar-refractivity contribution in [3.63, 3.8) is 0 Å². The molecule has 126 valence electrons. The Hall–Kier alpha value is -1.80. The number of anilines is 2. The first-order valence-electron chi connectivity index (χ1n) is 7.98. The number of hydrogen-bond donors (Lipinski definition) is 1. The molecule has 0 spiro atoms. The Labute approximate surface area is 164 Å². The van der Waals surface area contributed by atoms with Gasteiger partial charge in [0.05, 0.1) is 5.02 Å². The van der Waals surface area contributed by atoms with Gasteiger partial charge >= 0.3 is 0 Å². The summed E-state index contributed by atoms with van der Waals surface area (Å²) in [7, 11) is 0. The molecule has 3 aromatic rings. The molecule has 5 nitrogen and oxygen atoms in total. The van der Waals surface area contributed by atoms with E-state index in [2.05, 4.69) is 54.8 Å². The second-order valence-corrected chi connectivity index (χ2v) is 7.55. The lowest BCUT2D eigenvalue weighted by Crippen LogP contribution is -2.01. The molecule has 0 bridgehead atoms. The van der Waals surface area contributed by atoms with E-state index in [0.29, 0.717) is 22.6 Å². The summed E-state index contributed by atoms with van der Waals surface area (Å²) in [6, 6.07) is 3.73. The van der Waals surface area contributed by atoms with Gasteiger partial charge in [0.15, 0.2) is 5.82 Å². The van der Waals surface area contributed by atoms with Gasteiger partial charge in [0, 0.05) is 45.4 Å². The lowest BCUT2D eigenvalue weighted by molar-refractivity contribution is 0.929. The van der Waals surface area contributed by atoms with E-state index in [1.807, 2.05) is 24.5 Å². The molecule has 0 aliphatic heterocycles. The quantitative estimate of drug-likeness (QED) is 0.544. The molecule has 4 rings (SSSR count). The highest BCUT2D eigenvalue weighted by Gasteiger charge is 2.26. The van der Waals surface area contributed by atoms with Crippen molar-refractivity contribution in [3.05, 3.63) is 56.9 Å². The first-order chi connectivity index (χ1) is 12.1. The smallest absolute Gasteiger partial charge is 0.150 e. The Balaban J connectivity index is 1.69. The van der Waals surface area contributed by atoms with E-state index in [4.69, 9.17) is 11.6 Å². The minimum atomic E-state index is 0.497. The van der Waals surface area contributed by atoms with E-state index >= 15 is 0 Å². The standard InChI is InChI=1S/C18H15ClIN5/c1-10-13(8-21-9-14(10)20)12-4-6-23-18(16(12)19)25-15-5-7-22-17(24-15)11-2-3-11/h4-9,11H,2-3H2,1H3,(H,22,23,24,25). The van der Waals surface area contributed by atoms with Crippen LogP contribution in [0.2, 0.25) is 5.02 Å². The predicted octanol–water partition coefficient (Wildman–Crippen LogP) is 5.12. The summed E-state index contributed by atoms with van der Waals surface area (Å²) in [5.41, 5.74) is 3.05. The maximum absolute atomic E-state index is 6.63. The molecule has 1 fully saturated rings. The van der Waals surface area contributed by atoms with Crippen LogP contribution in [0.5, 0.6) is 0 Å². The number of halogens is 2. The molecule has 1 aliphatic rings. The van der Waals surface area contributed by atoms with Crippen molar-refractivity contribution in [2.24, 2.45) is 0 Å². The largest absolute Gasteiger partial charge is 0.324 e. The number of hydrogen-bond acceptors (Lipinski definition) is 5. The van der Waals surface area contributed by atoms with E-state index < -0.39 is 0 Å². The highest BCUT2D eigenvalue weighted by molar-refractivity contribution is 14.1. The Kier molecular flexibility index (Phi) is 4.56. The zero-order valence-corrected chi connectivity index (χ0v) is 16.4. The molecule has 25 heavy (non-hydrogen) atoms. The minimum absolute atomic E-state index is 0.497. The number of aromatic nitrogens is 4. The fraction of sp³-hybridized carbons (Fsp3) is 0.222. The summed E-state index contributed by atoms with van der Waals surface area (Å²) in [4.78, 5) is 17.6. The second-order valence-electron chi connectivity index (χ2n) is 6.01. The molecule has 7 heteroatoms. The van der Waals surface area contributed by atoms with Crippen LogP contribution in [0.15, 0.2) is 36.9 Å². The van der Waals surface area contributed by atoms with Crippen LogP contribution in [0.4, 0.5) is 11.6 Å². The van der Waals surface area contributed by atoms with Gasteiger partial charge in [0.1, 0.15) is 11.6 Å². The van der Waals surface area contributed by atoms with E-state index in [9.17, 15) is 0 Å². The van der Waals surface area contributed by atoms with Crippen LogP contribution in [0.1, 0.15) is 30.1 Å². The van der Waals surface area contributed by atoms with Crippen LogP contribution in [0.25, 0.3) is 11.1 Å². The van der Waals surface area contributed by atoms with Gasteiger partial charge < -0.3 is 5.32 Å². The number of pyridine rings is 2. The normalized spacial score (nSPS) is 13.7. The molecule has 1 aliphatic carbocycles. The van der Waals surface area contributed by atoms with Crippen molar-refractivity contribution < 1.29 is 0 Å². The van der Waals surface area contributed by atoms with Crippen LogP contribution in [-0.2, 0) is 0 Å².